The Hall–Kier alpha value is -2.02. The number of methoxy groups -OCH3 is 1. The zero-order chi connectivity index (χ0) is 17.8. The Morgan fingerprint density at radius 2 is 2.04 bits per heavy atom. The van der Waals surface area contributed by atoms with Crippen molar-refractivity contribution in [2.75, 3.05) is 7.11 Å². The SMILES string of the molecule is COc1cccc(C=C2SC(=S)NC2=O)c1OCc1ccccc1Cl. The topological polar surface area (TPSA) is 47.6 Å². The van der Waals surface area contributed by atoms with Gasteiger partial charge < -0.3 is 14.8 Å². The van der Waals surface area contributed by atoms with Gasteiger partial charge in [-0.25, -0.2) is 0 Å². The van der Waals surface area contributed by atoms with Crippen molar-refractivity contribution in [3.05, 3.63) is 63.5 Å². The predicted octanol–water partition coefficient (Wildman–Crippen LogP) is 4.42. The lowest BCUT2D eigenvalue weighted by Crippen LogP contribution is -2.17. The molecule has 0 spiro atoms. The number of halogens is 1. The van der Waals surface area contributed by atoms with Crippen LogP contribution in [-0.2, 0) is 11.4 Å². The maximum atomic E-state index is 11.9. The fourth-order valence-corrected chi connectivity index (χ4v) is 3.51. The van der Waals surface area contributed by atoms with E-state index in [0.29, 0.717) is 25.7 Å². The predicted molar refractivity (Wildman–Crippen MR) is 105 cm³/mol. The zero-order valence-corrected chi connectivity index (χ0v) is 15.6. The van der Waals surface area contributed by atoms with Crippen LogP contribution in [0.15, 0.2) is 47.4 Å². The van der Waals surface area contributed by atoms with Crippen LogP contribution < -0.4 is 14.8 Å². The van der Waals surface area contributed by atoms with Crippen molar-refractivity contribution >= 4 is 51.9 Å². The zero-order valence-electron chi connectivity index (χ0n) is 13.2. The number of ether oxygens (including phenoxy) is 2. The fourth-order valence-electron chi connectivity index (χ4n) is 2.29. The average Bonchev–Trinajstić information content (AvgIpc) is 2.92. The molecule has 1 amide bonds. The van der Waals surface area contributed by atoms with E-state index < -0.39 is 0 Å². The van der Waals surface area contributed by atoms with Crippen molar-refractivity contribution in [3.63, 3.8) is 0 Å². The Balaban J connectivity index is 1.92. The molecule has 1 fully saturated rings. The highest BCUT2D eigenvalue weighted by Crippen LogP contribution is 2.36. The number of carbonyl (C=O) groups excluding carboxylic acids is 1. The van der Waals surface area contributed by atoms with Gasteiger partial charge in [-0.1, -0.05) is 65.9 Å². The number of hydrogen-bond donors (Lipinski definition) is 1. The van der Waals surface area contributed by atoms with Gasteiger partial charge in [0.2, 0.25) is 0 Å². The first-order chi connectivity index (χ1) is 12.1. The Bertz CT molecular complexity index is 867. The Kier molecular flexibility index (Phi) is 5.63. The second-order valence-corrected chi connectivity index (χ2v) is 7.24. The van der Waals surface area contributed by atoms with E-state index in [1.807, 2.05) is 36.4 Å². The Morgan fingerprint density at radius 3 is 2.72 bits per heavy atom. The average molecular weight is 392 g/mol. The highest BCUT2D eigenvalue weighted by Gasteiger charge is 2.23. The van der Waals surface area contributed by atoms with Gasteiger partial charge in [-0.15, -0.1) is 0 Å². The summed E-state index contributed by atoms with van der Waals surface area (Å²) in [5.41, 5.74) is 1.59. The third kappa shape index (κ3) is 4.15. The smallest absolute Gasteiger partial charge is 0.263 e. The minimum atomic E-state index is -0.213. The highest BCUT2D eigenvalue weighted by atomic mass is 35.5. The molecule has 25 heavy (non-hydrogen) atoms. The molecular formula is C18H14ClNO3S2. The molecule has 0 bridgehead atoms. The summed E-state index contributed by atoms with van der Waals surface area (Å²) in [7, 11) is 1.57. The van der Waals surface area contributed by atoms with Crippen LogP contribution in [0.5, 0.6) is 11.5 Å². The number of nitrogens with one attached hydrogen (secondary N) is 1. The van der Waals surface area contributed by atoms with Gasteiger partial charge in [0.15, 0.2) is 11.5 Å². The monoisotopic (exact) mass is 391 g/mol. The second kappa shape index (κ2) is 7.91. The maximum Gasteiger partial charge on any atom is 0.263 e. The molecule has 3 rings (SSSR count). The summed E-state index contributed by atoms with van der Waals surface area (Å²) >= 11 is 12.4. The Morgan fingerprint density at radius 1 is 1.24 bits per heavy atom. The molecule has 2 aromatic rings. The van der Waals surface area contributed by atoms with Gasteiger partial charge >= 0.3 is 0 Å². The summed E-state index contributed by atoms with van der Waals surface area (Å²) in [4.78, 5) is 12.4. The molecule has 1 saturated heterocycles. The number of rotatable bonds is 5. The Labute approximate surface area is 160 Å². The summed E-state index contributed by atoms with van der Waals surface area (Å²) in [5.74, 6) is 0.908. The number of thioether (sulfide) groups is 1. The van der Waals surface area contributed by atoms with Crippen LogP contribution in [-0.4, -0.2) is 17.3 Å². The lowest BCUT2D eigenvalue weighted by atomic mass is 10.1. The molecule has 0 atom stereocenters. The van der Waals surface area contributed by atoms with E-state index in [1.54, 1.807) is 19.3 Å². The molecule has 1 heterocycles. The standard InChI is InChI=1S/C18H14ClNO3S2/c1-22-14-8-4-6-11(9-15-17(21)20-18(24)25-15)16(14)23-10-12-5-2-3-7-13(12)19/h2-9H,10H2,1H3,(H,20,21,24). The second-order valence-electron chi connectivity index (χ2n) is 5.11. The molecule has 2 aromatic carbocycles. The van der Waals surface area contributed by atoms with Crippen LogP contribution >= 0.6 is 35.6 Å². The van der Waals surface area contributed by atoms with Gasteiger partial charge in [0, 0.05) is 16.1 Å². The summed E-state index contributed by atoms with van der Waals surface area (Å²) in [6.07, 6.45) is 1.74. The van der Waals surface area contributed by atoms with Crippen LogP contribution in [0.25, 0.3) is 6.08 Å². The fraction of sp³-hybridized carbons (Fsp3) is 0.111. The van der Waals surface area contributed by atoms with Crippen LogP contribution in [0.3, 0.4) is 0 Å². The molecule has 4 nitrogen and oxygen atoms in total. The summed E-state index contributed by atoms with van der Waals surface area (Å²) in [6.45, 7) is 0.286. The normalized spacial score (nSPS) is 15.4. The number of benzene rings is 2. The first-order valence-corrected chi connectivity index (χ1v) is 8.97. The van der Waals surface area contributed by atoms with Crippen LogP contribution in [0, 0.1) is 0 Å². The molecule has 1 N–H and O–H groups in total. The van der Waals surface area contributed by atoms with Crippen molar-refractivity contribution in [2.45, 2.75) is 6.61 Å². The first kappa shape index (κ1) is 17.8. The van der Waals surface area contributed by atoms with E-state index in [2.05, 4.69) is 5.32 Å². The quantitative estimate of drug-likeness (QED) is 0.604. The number of para-hydroxylation sites is 1. The number of amides is 1. The largest absolute Gasteiger partial charge is 0.493 e. The molecule has 0 saturated carbocycles. The lowest BCUT2D eigenvalue weighted by Gasteiger charge is -2.14. The minimum absolute atomic E-state index is 0.213. The van der Waals surface area contributed by atoms with Crippen molar-refractivity contribution < 1.29 is 14.3 Å². The van der Waals surface area contributed by atoms with Crippen molar-refractivity contribution in [1.29, 1.82) is 0 Å². The third-order valence-corrected chi connectivity index (χ3v) is 5.02. The first-order valence-electron chi connectivity index (χ1n) is 7.36. The molecular weight excluding hydrogens is 378 g/mol. The van der Waals surface area contributed by atoms with Gasteiger partial charge in [-0.05, 0) is 18.2 Å². The molecule has 1 aliphatic rings. The van der Waals surface area contributed by atoms with Gasteiger partial charge in [0.1, 0.15) is 10.9 Å². The van der Waals surface area contributed by atoms with Crippen LogP contribution in [0.1, 0.15) is 11.1 Å². The molecule has 0 aromatic heterocycles. The van der Waals surface area contributed by atoms with Gasteiger partial charge in [-0.3, -0.25) is 4.79 Å². The summed E-state index contributed by atoms with van der Waals surface area (Å²) < 4.78 is 11.8. The van der Waals surface area contributed by atoms with E-state index in [4.69, 9.17) is 33.3 Å². The van der Waals surface area contributed by atoms with Crippen molar-refractivity contribution in [3.8, 4) is 11.5 Å². The van der Waals surface area contributed by atoms with Crippen LogP contribution in [0.4, 0.5) is 0 Å². The van der Waals surface area contributed by atoms with E-state index in [1.165, 1.54) is 11.8 Å². The number of thiocarbonyl (C=S) groups is 1. The molecule has 7 heteroatoms. The minimum Gasteiger partial charge on any atom is -0.493 e. The van der Waals surface area contributed by atoms with E-state index in [0.717, 1.165) is 11.1 Å². The molecule has 128 valence electrons. The highest BCUT2D eigenvalue weighted by molar-refractivity contribution is 8.26. The van der Waals surface area contributed by atoms with E-state index >= 15 is 0 Å². The van der Waals surface area contributed by atoms with E-state index in [-0.39, 0.29) is 12.5 Å². The molecule has 0 radical (unpaired) electrons. The lowest BCUT2D eigenvalue weighted by molar-refractivity contribution is -0.115. The van der Waals surface area contributed by atoms with E-state index in [9.17, 15) is 4.79 Å². The molecule has 0 unspecified atom stereocenters. The van der Waals surface area contributed by atoms with Crippen molar-refractivity contribution in [1.82, 2.24) is 5.32 Å². The molecule has 0 aliphatic carbocycles. The molecule has 1 aliphatic heterocycles. The maximum absolute atomic E-state index is 11.9. The van der Waals surface area contributed by atoms with Gasteiger partial charge in [-0.2, -0.15) is 0 Å². The third-order valence-electron chi connectivity index (χ3n) is 3.49. The van der Waals surface area contributed by atoms with Crippen molar-refractivity contribution in [2.24, 2.45) is 0 Å². The van der Waals surface area contributed by atoms with Gasteiger partial charge in [0.05, 0.1) is 12.0 Å². The summed E-state index contributed by atoms with van der Waals surface area (Å²) in [6, 6.07) is 13.0. The summed E-state index contributed by atoms with van der Waals surface area (Å²) in [5, 5.41) is 3.23. The number of hydrogen-bond acceptors (Lipinski definition) is 5. The van der Waals surface area contributed by atoms with Gasteiger partial charge in [0.25, 0.3) is 5.91 Å². The number of carbonyl (C=O) groups is 1. The van der Waals surface area contributed by atoms with Crippen LogP contribution in [0.2, 0.25) is 5.02 Å².